The Labute approximate surface area is 205 Å². The predicted molar refractivity (Wildman–Crippen MR) is 139 cm³/mol. The Morgan fingerprint density at radius 2 is 1.15 bits per heavy atom. The molecule has 2 saturated heterocycles. The normalized spacial score (nSPS) is 19.6. The molecule has 0 spiro atoms. The van der Waals surface area contributed by atoms with Crippen LogP contribution < -0.4 is 26.0 Å². The van der Waals surface area contributed by atoms with Crippen molar-refractivity contribution in [2.45, 2.75) is 37.9 Å². The summed E-state index contributed by atoms with van der Waals surface area (Å²) in [6, 6.07) is 15.4. The molecular formula is C24H30N4O3S2. The standard InChI is InChI=1S/C24H30N4O3S2/c32-23(25-15-21-3-1-13-29-21)27-17-5-9-19(10-6-17)31-20-11-7-18(8-12-20)28-24(33)26-16-22-4-2-14-30-22/h5-12,21-22H,1-4,13-16H2,(H2,25,27,32)(H2,26,28,33). The Morgan fingerprint density at radius 1 is 0.727 bits per heavy atom. The third-order valence-electron chi connectivity index (χ3n) is 5.49. The first-order valence-electron chi connectivity index (χ1n) is 11.3. The lowest BCUT2D eigenvalue weighted by Gasteiger charge is -2.15. The lowest BCUT2D eigenvalue weighted by Crippen LogP contribution is -2.34. The molecule has 0 radical (unpaired) electrons. The molecule has 2 aliphatic heterocycles. The largest absolute Gasteiger partial charge is 0.457 e. The van der Waals surface area contributed by atoms with Crippen molar-refractivity contribution in [3.63, 3.8) is 0 Å². The van der Waals surface area contributed by atoms with Gasteiger partial charge in [-0.25, -0.2) is 0 Å². The molecule has 0 aliphatic carbocycles. The maximum absolute atomic E-state index is 5.94. The van der Waals surface area contributed by atoms with Crippen molar-refractivity contribution in [3.8, 4) is 11.5 Å². The highest BCUT2D eigenvalue weighted by atomic mass is 32.1. The van der Waals surface area contributed by atoms with Gasteiger partial charge in [-0.05, 0) is 98.6 Å². The van der Waals surface area contributed by atoms with Crippen LogP contribution in [0.2, 0.25) is 0 Å². The second-order valence-electron chi connectivity index (χ2n) is 8.09. The molecule has 0 saturated carbocycles. The van der Waals surface area contributed by atoms with Crippen molar-refractivity contribution in [3.05, 3.63) is 48.5 Å². The maximum atomic E-state index is 5.94. The molecular weight excluding hydrogens is 456 g/mol. The molecule has 2 unspecified atom stereocenters. The van der Waals surface area contributed by atoms with Gasteiger partial charge in [-0.2, -0.15) is 0 Å². The topological polar surface area (TPSA) is 75.8 Å². The van der Waals surface area contributed by atoms with E-state index < -0.39 is 0 Å². The fourth-order valence-electron chi connectivity index (χ4n) is 3.72. The molecule has 0 aromatic heterocycles. The average molecular weight is 487 g/mol. The molecule has 4 N–H and O–H groups in total. The van der Waals surface area contributed by atoms with Gasteiger partial charge in [0.1, 0.15) is 11.5 Å². The third-order valence-corrected chi connectivity index (χ3v) is 5.98. The Kier molecular flexibility index (Phi) is 8.71. The number of benzene rings is 2. The van der Waals surface area contributed by atoms with Crippen LogP contribution in [-0.2, 0) is 9.47 Å². The van der Waals surface area contributed by atoms with E-state index >= 15 is 0 Å². The van der Waals surface area contributed by atoms with Gasteiger partial charge in [0.05, 0.1) is 12.2 Å². The predicted octanol–water partition coefficient (Wildman–Crippen LogP) is 4.41. The van der Waals surface area contributed by atoms with E-state index in [4.69, 9.17) is 38.6 Å². The molecule has 7 nitrogen and oxygen atoms in total. The van der Waals surface area contributed by atoms with Crippen molar-refractivity contribution in [1.29, 1.82) is 0 Å². The summed E-state index contributed by atoms with van der Waals surface area (Å²) in [5, 5.41) is 14.0. The van der Waals surface area contributed by atoms with Crippen molar-refractivity contribution in [2.75, 3.05) is 36.9 Å². The zero-order valence-electron chi connectivity index (χ0n) is 18.5. The van der Waals surface area contributed by atoms with Crippen LogP contribution in [0.15, 0.2) is 48.5 Å². The molecule has 176 valence electrons. The summed E-state index contributed by atoms with van der Waals surface area (Å²) < 4.78 is 17.1. The smallest absolute Gasteiger partial charge is 0.170 e. The fraction of sp³-hybridized carbons (Fsp3) is 0.417. The minimum absolute atomic E-state index is 0.250. The number of rotatable bonds is 8. The van der Waals surface area contributed by atoms with Crippen LogP contribution in [0.4, 0.5) is 11.4 Å². The van der Waals surface area contributed by atoms with Crippen LogP contribution >= 0.6 is 24.4 Å². The van der Waals surface area contributed by atoms with E-state index in [2.05, 4.69) is 21.3 Å². The maximum Gasteiger partial charge on any atom is 0.170 e. The van der Waals surface area contributed by atoms with Gasteiger partial charge in [0, 0.05) is 37.7 Å². The first-order valence-corrected chi connectivity index (χ1v) is 12.2. The molecule has 2 aliphatic rings. The molecule has 2 aromatic carbocycles. The minimum Gasteiger partial charge on any atom is -0.457 e. The molecule has 2 aromatic rings. The van der Waals surface area contributed by atoms with E-state index in [-0.39, 0.29) is 12.2 Å². The van der Waals surface area contributed by atoms with Gasteiger partial charge < -0.3 is 35.5 Å². The van der Waals surface area contributed by atoms with Gasteiger partial charge in [-0.1, -0.05) is 0 Å². The van der Waals surface area contributed by atoms with Gasteiger partial charge in [-0.15, -0.1) is 0 Å². The second-order valence-corrected chi connectivity index (χ2v) is 8.91. The zero-order valence-corrected chi connectivity index (χ0v) is 20.1. The Hall–Kier alpha value is -2.46. The van der Waals surface area contributed by atoms with Crippen molar-refractivity contribution < 1.29 is 14.2 Å². The van der Waals surface area contributed by atoms with Crippen LogP contribution in [0.25, 0.3) is 0 Å². The summed E-state index contributed by atoms with van der Waals surface area (Å²) in [6.07, 6.45) is 4.90. The molecule has 4 rings (SSSR count). The minimum atomic E-state index is 0.250. The average Bonchev–Trinajstić information content (AvgIpc) is 3.53. The number of anilines is 2. The van der Waals surface area contributed by atoms with Crippen LogP contribution in [0.3, 0.4) is 0 Å². The van der Waals surface area contributed by atoms with E-state index in [9.17, 15) is 0 Å². The molecule has 33 heavy (non-hydrogen) atoms. The summed E-state index contributed by atoms with van der Waals surface area (Å²) in [7, 11) is 0. The summed E-state index contributed by atoms with van der Waals surface area (Å²) in [4.78, 5) is 0. The highest BCUT2D eigenvalue weighted by molar-refractivity contribution is 7.80. The van der Waals surface area contributed by atoms with Gasteiger partial charge in [0.2, 0.25) is 0 Å². The van der Waals surface area contributed by atoms with Crippen molar-refractivity contribution in [2.24, 2.45) is 0 Å². The Balaban J connectivity index is 1.19. The Morgan fingerprint density at radius 3 is 1.52 bits per heavy atom. The summed E-state index contributed by atoms with van der Waals surface area (Å²) in [5.74, 6) is 1.49. The number of ether oxygens (including phenoxy) is 3. The number of thiocarbonyl (C=S) groups is 2. The van der Waals surface area contributed by atoms with Crippen molar-refractivity contribution in [1.82, 2.24) is 10.6 Å². The van der Waals surface area contributed by atoms with Crippen LogP contribution in [0.1, 0.15) is 25.7 Å². The van der Waals surface area contributed by atoms with E-state index in [1.165, 1.54) is 0 Å². The molecule has 2 atom stereocenters. The summed E-state index contributed by atoms with van der Waals surface area (Å²) >= 11 is 10.7. The van der Waals surface area contributed by atoms with E-state index in [0.717, 1.165) is 74.9 Å². The monoisotopic (exact) mass is 486 g/mol. The van der Waals surface area contributed by atoms with E-state index in [1.807, 2.05) is 48.5 Å². The van der Waals surface area contributed by atoms with Gasteiger partial charge >= 0.3 is 0 Å². The SMILES string of the molecule is S=C(NCC1CCCO1)Nc1ccc(Oc2ccc(NC(=S)NCC3CCCO3)cc2)cc1. The number of hydrogen-bond donors (Lipinski definition) is 4. The van der Waals surface area contributed by atoms with Crippen molar-refractivity contribution >= 4 is 46.0 Å². The first-order chi connectivity index (χ1) is 16.1. The zero-order chi connectivity index (χ0) is 22.9. The van der Waals surface area contributed by atoms with Crippen LogP contribution in [0.5, 0.6) is 11.5 Å². The molecule has 0 bridgehead atoms. The molecule has 0 amide bonds. The second kappa shape index (κ2) is 12.1. The molecule has 9 heteroatoms. The highest BCUT2D eigenvalue weighted by Gasteiger charge is 2.16. The molecule has 2 heterocycles. The third kappa shape index (κ3) is 7.82. The lowest BCUT2D eigenvalue weighted by molar-refractivity contribution is 0.114. The first kappa shape index (κ1) is 23.7. The summed E-state index contributed by atoms with van der Waals surface area (Å²) in [5.41, 5.74) is 1.80. The van der Waals surface area contributed by atoms with Gasteiger partial charge in [-0.3, -0.25) is 0 Å². The summed E-state index contributed by atoms with van der Waals surface area (Å²) in [6.45, 7) is 3.14. The molecule has 2 fully saturated rings. The van der Waals surface area contributed by atoms with E-state index in [1.54, 1.807) is 0 Å². The fourth-order valence-corrected chi connectivity index (χ4v) is 4.13. The van der Waals surface area contributed by atoms with E-state index in [0.29, 0.717) is 10.2 Å². The van der Waals surface area contributed by atoms with Crippen LogP contribution in [0, 0.1) is 0 Å². The quantitative estimate of drug-likeness (QED) is 0.406. The number of hydrogen-bond acceptors (Lipinski definition) is 5. The van der Waals surface area contributed by atoms with Crippen LogP contribution in [-0.4, -0.2) is 48.7 Å². The Bertz CT molecular complexity index is 837. The number of nitrogens with one attached hydrogen (secondary N) is 4. The van der Waals surface area contributed by atoms with Gasteiger partial charge in [0.15, 0.2) is 10.2 Å². The lowest BCUT2D eigenvalue weighted by atomic mass is 10.2. The highest BCUT2D eigenvalue weighted by Crippen LogP contribution is 2.24. The van der Waals surface area contributed by atoms with Gasteiger partial charge in [0.25, 0.3) is 0 Å².